The molecule has 0 bridgehead atoms. The van der Waals surface area contributed by atoms with Crippen LogP contribution in [0.3, 0.4) is 0 Å². The molecule has 5 aromatic rings. The minimum Gasteiger partial charge on any atom is -1.00 e. The maximum atomic E-state index is 5.17. The molecule has 0 saturated heterocycles. The zero-order chi connectivity index (χ0) is 23.3. The van der Waals surface area contributed by atoms with E-state index < -0.39 is 0 Å². The zero-order valence-corrected chi connectivity index (χ0v) is 21.7. The Hall–Kier alpha value is -3.51. The number of H-pyrrole nitrogens is 1. The first-order valence-corrected chi connectivity index (χ1v) is 11.6. The van der Waals surface area contributed by atoms with E-state index in [-0.39, 0.29) is 24.8 Å². The largest absolute Gasteiger partial charge is 1.00 e. The number of pyridine rings is 3. The minimum absolute atomic E-state index is 0. The van der Waals surface area contributed by atoms with Gasteiger partial charge in [-0.1, -0.05) is 54.6 Å². The van der Waals surface area contributed by atoms with Crippen molar-refractivity contribution in [2.75, 3.05) is 18.5 Å². The average Bonchev–Trinajstić information content (AvgIpc) is 2.91. The Morgan fingerprint density at radius 3 is 2.25 bits per heavy atom. The summed E-state index contributed by atoms with van der Waals surface area (Å²) in [7, 11) is 2.13. The lowest BCUT2D eigenvalue weighted by molar-refractivity contribution is -0.386. The number of hydrogen-bond donors (Lipinski definition) is 1. The molecular formula is C29H29Cl2N5. The lowest BCUT2D eigenvalue weighted by atomic mass is 9.97. The molecule has 5 nitrogen and oxygen atoms in total. The number of rotatable bonds is 7. The van der Waals surface area contributed by atoms with Gasteiger partial charge in [-0.25, -0.2) is 9.97 Å². The van der Waals surface area contributed by atoms with Gasteiger partial charge in [0.05, 0.1) is 42.9 Å². The van der Waals surface area contributed by atoms with Crippen molar-refractivity contribution in [2.45, 2.75) is 13.0 Å². The number of aromatic amines is 1. The van der Waals surface area contributed by atoms with Gasteiger partial charge >= 0.3 is 0 Å². The Kier molecular flexibility index (Phi) is 9.37. The van der Waals surface area contributed by atoms with Gasteiger partial charge < -0.3 is 30.5 Å². The highest BCUT2D eigenvalue weighted by molar-refractivity contribution is 5.96. The summed E-state index contributed by atoms with van der Waals surface area (Å²) in [5.74, 6) is 1.06. The molecule has 0 aliphatic heterocycles. The van der Waals surface area contributed by atoms with E-state index in [2.05, 4.69) is 100 Å². The summed E-state index contributed by atoms with van der Waals surface area (Å²) in [4.78, 5) is 15.0. The van der Waals surface area contributed by atoms with Crippen molar-refractivity contribution < 1.29 is 35.5 Å². The Labute approximate surface area is 224 Å². The summed E-state index contributed by atoms with van der Waals surface area (Å²) >= 11 is 0. The van der Waals surface area contributed by atoms with E-state index in [1.54, 1.807) is 0 Å². The van der Waals surface area contributed by atoms with Crippen LogP contribution < -0.4 is 40.4 Å². The van der Waals surface area contributed by atoms with Crippen LogP contribution in [-0.2, 0) is 13.0 Å². The summed E-state index contributed by atoms with van der Waals surface area (Å²) in [6.07, 6.45) is 6.62. The standard InChI is InChI=1S/C29H27N5.2ClH/c1-34(18-14-21-11-15-31-16-12-21)29-26-19-25(23-5-3-2-4-6-23)28(33-27(26)13-17-32-29)24-9-7-22(20-30)8-10-24;;/h2-13,15-17,19H,14,18,20,30H2,1H3;2*1H. The molecule has 0 fully saturated rings. The number of quaternary nitrogens is 1. The molecule has 0 aliphatic rings. The summed E-state index contributed by atoms with van der Waals surface area (Å²) < 4.78 is 0. The molecule has 0 unspecified atom stereocenters. The zero-order valence-electron chi connectivity index (χ0n) is 20.2. The first kappa shape index (κ1) is 27.1. The fraction of sp³-hybridized carbons (Fsp3) is 0.138. The number of nitrogens with zero attached hydrogens (tertiary/aromatic N) is 3. The number of fused-ring (bicyclic) bond motifs is 1. The molecule has 7 heteroatoms. The average molecular weight is 518 g/mol. The summed E-state index contributed by atoms with van der Waals surface area (Å²) in [5, 5.41) is 1.11. The van der Waals surface area contributed by atoms with E-state index in [1.807, 2.05) is 24.7 Å². The summed E-state index contributed by atoms with van der Waals surface area (Å²) in [5.41, 5.74) is 11.8. The van der Waals surface area contributed by atoms with Crippen molar-refractivity contribution in [2.24, 2.45) is 0 Å². The van der Waals surface area contributed by atoms with Gasteiger partial charge in [-0.2, -0.15) is 0 Å². The topological polar surface area (TPSA) is 70.8 Å². The van der Waals surface area contributed by atoms with Gasteiger partial charge in [0.25, 0.3) is 5.82 Å². The smallest absolute Gasteiger partial charge is 0.283 e. The molecule has 0 spiro atoms. The molecular weight excluding hydrogens is 489 g/mol. The second-order valence-electron chi connectivity index (χ2n) is 8.48. The lowest BCUT2D eigenvalue weighted by Crippen LogP contribution is -3.00. The van der Waals surface area contributed by atoms with E-state index in [0.29, 0.717) is 0 Å². The van der Waals surface area contributed by atoms with Gasteiger partial charge in [0.2, 0.25) is 0 Å². The third kappa shape index (κ3) is 5.82. The van der Waals surface area contributed by atoms with Gasteiger partial charge in [-0.15, -0.1) is 0 Å². The van der Waals surface area contributed by atoms with E-state index in [4.69, 9.17) is 4.98 Å². The number of anilines is 1. The Morgan fingerprint density at radius 2 is 1.56 bits per heavy atom. The molecule has 36 heavy (non-hydrogen) atoms. The predicted molar refractivity (Wildman–Crippen MR) is 137 cm³/mol. The van der Waals surface area contributed by atoms with Crippen LogP contribution in [-0.4, -0.2) is 23.6 Å². The second kappa shape index (κ2) is 12.5. The maximum Gasteiger partial charge on any atom is 0.283 e. The molecule has 2 aromatic carbocycles. The van der Waals surface area contributed by atoms with E-state index in [0.717, 1.165) is 58.6 Å². The second-order valence-corrected chi connectivity index (χ2v) is 8.48. The number of aromatic nitrogens is 3. The Morgan fingerprint density at radius 1 is 0.833 bits per heavy atom. The van der Waals surface area contributed by atoms with Crippen LogP contribution in [0.15, 0.2) is 97.5 Å². The predicted octanol–water partition coefficient (Wildman–Crippen LogP) is -1.79. The van der Waals surface area contributed by atoms with Gasteiger partial charge in [0, 0.05) is 41.6 Å². The van der Waals surface area contributed by atoms with Crippen molar-refractivity contribution in [1.29, 1.82) is 0 Å². The molecule has 3 heterocycles. The van der Waals surface area contributed by atoms with Crippen molar-refractivity contribution >= 4 is 16.7 Å². The highest BCUT2D eigenvalue weighted by Gasteiger charge is 2.19. The lowest BCUT2D eigenvalue weighted by Gasteiger charge is -2.16. The molecule has 0 saturated carbocycles. The number of halogens is 2. The van der Waals surface area contributed by atoms with Gasteiger partial charge in [-0.3, -0.25) is 9.88 Å². The Bertz CT molecular complexity index is 1390. The molecule has 5 rings (SSSR count). The van der Waals surface area contributed by atoms with Crippen LogP contribution >= 0.6 is 0 Å². The molecule has 184 valence electrons. The molecule has 0 aliphatic carbocycles. The maximum absolute atomic E-state index is 5.17. The van der Waals surface area contributed by atoms with Crippen molar-refractivity contribution in [3.8, 4) is 22.4 Å². The molecule has 4 N–H and O–H groups in total. The van der Waals surface area contributed by atoms with E-state index >= 15 is 0 Å². The van der Waals surface area contributed by atoms with Crippen LogP contribution in [0.1, 0.15) is 11.1 Å². The normalized spacial score (nSPS) is 10.4. The highest BCUT2D eigenvalue weighted by Crippen LogP contribution is 2.35. The van der Waals surface area contributed by atoms with Crippen LogP contribution in [0.4, 0.5) is 5.82 Å². The van der Waals surface area contributed by atoms with Gasteiger partial charge in [0.15, 0.2) is 0 Å². The third-order valence-corrected chi connectivity index (χ3v) is 6.24. The molecule has 0 amide bonds. The van der Waals surface area contributed by atoms with Crippen molar-refractivity contribution in [3.05, 3.63) is 109 Å². The first-order valence-electron chi connectivity index (χ1n) is 11.6. The van der Waals surface area contributed by atoms with Crippen molar-refractivity contribution in [3.63, 3.8) is 0 Å². The first-order chi connectivity index (χ1) is 16.7. The fourth-order valence-electron chi connectivity index (χ4n) is 4.28. The molecule has 3 aromatic heterocycles. The number of likely N-dealkylation sites (N-methyl/N-ethyl adjacent to an activating group) is 1. The minimum atomic E-state index is 0. The van der Waals surface area contributed by atoms with Crippen LogP contribution in [0.25, 0.3) is 33.3 Å². The van der Waals surface area contributed by atoms with Crippen LogP contribution in [0, 0.1) is 0 Å². The summed E-state index contributed by atoms with van der Waals surface area (Å²) in [6, 6.07) is 27.6. The van der Waals surface area contributed by atoms with Crippen LogP contribution in [0.5, 0.6) is 0 Å². The monoisotopic (exact) mass is 517 g/mol. The van der Waals surface area contributed by atoms with Gasteiger partial charge in [-0.05, 0) is 29.3 Å². The number of hydrogen-bond acceptors (Lipinski definition) is 3. The van der Waals surface area contributed by atoms with Gasteiger partial charge in [0.1, 0.15) is 0 Å². The fourth-order valence-corrected chi connectivity index (χ4v) is 4.28. The molecule has 0 atom stereocenters. The third-order valence-electron chi connectivity index (χ3n) is 6.24. The summed E-state index contributed by atoms with van der Waals surface area (Å²) in [6.45, 7) is 1.66. The van der Waals surface area contributed by atoms with E-state index in [1.165, 1.54) is 11.1 Å². The molecule has 0 radical (unpaired) electrons. The number of benzene rings is 2. The Balaban J connectivity index is 0.00000180. The van der Waals surface area contributed by atoms with Crippen molar-refractivity contribution in [1.82, 2.24) is 9.97 Å². The quantitative estimate of drug-likeness (QED) is 0.277. The van der Waals surface area contributed by atoms with E-state index in [9.17, 15) is 0 Å². The SMILES string of the molecule is CN(CCc1ccncc1)c1[nH+]ccc2nc(-c3ccc(C[NH3+])cc3)c(-c3ccccc3)cc12.[Cl-].[Cl-]. The highest BCUT2D eigenvalue weighted by atomic mass is 35.5. The number of nitrogens with one attached hydrogen (secondary N) is 1. The van der Waals surface area contributed by atoms with Crippen LogP contribution in [0.2, 0.25) is 0 Å².